The molecule has 0 aliphatic rings. The molecule has 2 aromatic carbocycles. The fourth-order valence-electron chi connectivity index (χ4n) is 4.41. The summed E-state index contributed by atoms with van der Waals surface area (Å²) in [6.45, 7) is 4.62. The molecule has 2 aromatic heterocycles. The Hall–Kier alpha value is -4.92. The average Bonchev–Trinajstić information content (AvgIpc) is 3.19. The number of nitro groups is 2. The Morgan fingerprint density at radius 2 is 1.71 bits per heavy atom. The summed E-state index contributed by atoms with van der Waals surface area (Å²) in [6, 6.07) is 12.0. The number of carbonyl (C=O) groups is 1. The Morgan fingerprint density at radius 3 is 2.26 bits per heavy atom. The highest BCUT2D eigenvalue weighted by Gasteiger charge is 2.26. The van der Waals surface area contributed by atoms with E-state index in [2.05, 4.69) is 30.2 Å². The van der Waals surface area contributed by atoms with E-state index in [9.17, 15) is 30.3 Å². The summed E-state index contributed by atoms with van der Waals surface area (Å²) in [4.78, 5) is 43.7. The molecule has 0 spiro atoms. The van der Waals surface area contributed by atoms with Gasteiger partial charge in [-0.2, -0.15) is 5.26 Å². The molecular formula is C26H25N7O5. The van der Waals surface area contributed by atoms with E-state index >= 15 is 0 Å². The number of non-ortho nitro benzene ring substituents is 2. The summed E-state index contributed by atoms with van der Waals surface area (Å²) in [7, 11) is 0. The average molecular weight is 516 g/mol. The molecule has 0 radical (unpaired) electrons. The number of hydrogen-bond acceptors (Lipinski definition) is 8. The number of anilines is 1. The molecule has 0 bridgehead atoms. The summed E-state index contributed by atoms with van der Waals surface area (Å²) < 4.78 is 1.75. The van der Waals surface area contributed by atoms with E-state index < -0.39 is 27.1 Å². The van der Waals surface area contributed by atoms with Crippen LogP contribution in [0.3, 0.4) is 0 Å². The number of rotatable bonds is 10. The number of unbranched alkanes of at least 4 members (excludes halogenated alkanes) is 1. The van der Waals surface area contributed by atoms with Crippen LogP contribution in [0.2, 0.25) is 0 Å². The molecule has 38 heavy (non-hydrogen) atoms. The third-order valence-electron chi connectivity index (χ3n) is 6.47. The van der Waals surface area contributed by atoms with Crippen molar-refractivity contribution in [2.75, 3.05) is 5.32 Å². The Morgan fingerprint density at radius 1 is 1.08 bits per heavy atom. The Kier molecular flexibility index (Phi) is 7.57. The Bertz CT molecular complexity index is 1570. The topological polar surface area (TPSA) is 170 Å². The number of amides is 1. The standard InChI is InChI=1S/C26H25N7O5/c1-3-5-8-16(4-2)15-31-24(20(14-27)23-25(31)29-22-10-7-6-9-21(22)28-23)30-26(34)17-11-18(32(35)36)13-19(12-17)33(37)38/h6-7,9-13,16H,3-5,8,15H2,1-2H3,(H,30,34). The van der Waals surface area contributed by atoms with Gasteiger partial charge in [-0.1, -0.05) is 45.2 Å². The zero-order valence-corrected chi connectivity index (χ0v) is 20.9. The van der Waals surface area contributed by atoms with Crippen LogP contribution in [-0.2, 0) is 6.54 Å². The first-order valence-corrected chi connectivity index (χ1v) is 12.2. The zero-order chi connectivity index (χ0) is 27.4. The molecule has 0 fully saturated rings. The lowest BCUT2D eigenvalue weighted by Crippen LogP contribution is -2.19. The fourth-order valence-corrected chi connectivity index (χ4v) is 4.41. The lowest BCUT2D eigenvalue weighted by Gasteiger charge is -2.18. The number of hydrogen-bond donors (Lipinski definition) is 1. The highest BCUT2D eigenvalue weighted by atomic mass is 16.6. The summed E-state index contributed by atoms with van der Waals surface area (Å²) >= 11 is 0. The maximum absolute atomic E-state index is 13.3. The minimum atomic E-state index is -0.830. The van der Waals surface area contributed by atoms with Gasteiger partial charge in [0, 0.05) is 18.7 Å². The monoisotopic (exact) mass is 515 g/mol. The van der Waals surface area contributed by atoms with E-state index in [0.717, 1.165) is 43.9 Å². The van der Waals surface area contributed by atoms with Crippen molar-refractivity contribution in [3.8, 4) is 6.07 Å². The van der Waals surface area contributed by atoms with Crippen molar-refractivity contribution in [1.29, 1.82) is 5.26 Å². The summed E-state index contributed by atoms with van der Waals surface area (Å²) in [5.74, 6) is -0.463. The highest BCUT2D eigenvalue weighted by Crippen LogP contribution is 2.32. The summed E-state index contributed by atoms with van der Waals surface area (Å²) in [5, 5.41) is 35.4. The fraction of sp³-hybridized carbons (Fsp3) is 0.308. The van der Waals surface area contributed by atoms with Crippen LogP contribution >= 0.6 is 0 Å². The first-order chi connectivity index (χ1) is 18.3. The van der Waals surface area contributed by atoms with Crippen molar-refractivity contribution in [1.82, 2.24) is 14.5 Å². The second-order valence-electron chi connectivity index (χ2n) is 8.95. The molecule has 194 valence electrons. The van der Waals surface area contributed by atoms with E-state index in [0.29, 0.717) is 28.7 Å². The zero-order valence-electron chi connectivity index (χ0n) is 20.9. The van der Waals surface area contributed by atoms with Crippen molar-refractivity contribution in [3.63, 3.8) is 0 Å². The minimum absolute atomic E-state index is 0.0943. The van der Waals surface area contributed by atoms with Gasteiger partial charge in [0.05, 0.1) is 32.5 Å². The van der Waals surface area contributed by atoms with Crippen LogP contribution in [0.1, 0.15) is 55.5 Å². The third kappa shape index (κ3) is 5.12. The SMILES string of the molecule is CCCCC(CC)Cn1c(NC(=O)c2cc([N+](=O)[O-])cc([N+](=O)[O-])c2)c(C#N)c2nc3ccccc3nc21. The second-order valence-corrected chi connectivity index (χ2v) is 8.95. The van der Waals surface area contributed by atoms with Crippen molar-refractivity contribution in [2.45, 2.75) is 46.1 Å². The quantitative estimate of drug-likeness (QED) is 0.206. The maximum Gasteiger partial charge on any atom is 0.277 e. The molecule has 0 saturated heterocycles. The Balaban J connectivity index is 1.88. The first kappa shape index (κ1) is 26.2. The summed E-state index contributed by atoms with van der Waals surface area (Å²) in [5.41, 5.74) is 0.576. The molecule has 4 rings (SSSR count). The van der Waals surface area contributed by atoms with Gasteiger partial charge in [-0.05, 0) is 24.5 Å². The molecule has 1 amide bonds. The molecule has 4 aromatic rings. The van der Waals surface area contributed by atoms with E-state index in [1.807, 2.05) is 12.1 Å². The van der Waals surface area contributed by atoms with E-state index in [-0.39, 0.29) is 22.9 Å². The van der Waals surface area contributed by atoms with Gasteiger partial charge in [0.15, 0.2) is 5.65 Å². The first-order valence-electron chi connectivity index (χ1n) is 12.2. The number of nitriles is 1. The van der Waals surface area contributed by atoms with E-state index in [1.54, 1.807) is 16.7 Å². The molecule has 0 aliphatic carbocycles. The van der Waals surface area contributed by atoms with Gasteiger partial charge in [0.2, 0.25) is 0 Å². The largest absolute Gasteiger partial charge is 0.309 e. The van der Waals surface area contributed by atoms with E-state index in [1.165, 1.54) is 0 Å². The predicted molar refractivity (Wildman–Crippen MR) is 141 cm³/mol. The lowest BCUT2D eigenvalue weighted by molar-refractivity contribution is -0.394. The van der Waals surface area contributed by atoms with Crippen LogP contribution < -0.4 is 5.32 Å². The number of carbonyl (C=O) groups excluding carboxylic acids is 1. The number of fused-ring (bicyclic) bond motifs is 2. The van der Waals surface area contributed by atoms with Gasteiger partial charge < -0.3 is 9.88 Å². The lowest BCUT2D eigenvalue weighted by atomic mass is 9.99. The highest BCUT2D eigenvalue weighted by molar-refractivity contribution is 6.07. The number of aromatic nitrogens is 3. The molecule has 1 N–H and O–H groups in total. The van der Waals surface area contributed by atoms with Crippen molar-refractivity contribution < 1.29 is 14.6 Å². The van der Waals surface area contributed by atoms with Crippen LogP contribution in [0, 0.1) is 37.5 Å². The van der Waals surface area contributed by atoms with Gasteiger partial charge in [-0.25, -0.2) is 9.97 Å². The smallest absolute Gasteiger partial charge is 0.277 e. The van der Waals surface area contributed by atoms with Crippen molar-refractivity contribution >= 4 is 45.3 Å². The van der Waals surface area contributed by atoms with Crippen LogP contribution in [0.5, 0.6) is 0 Å². The number of para-hydroxylation sites is 2. The Labute approximate surface area is 217 Å². The molecular weight excluding hydrogens is 490 g/mol. The molecule has 12 nitrogen and oxygen atoms in total. The number of benzene rings is 2. The molecule has 0 saturated carbocycles. The van der Waals surface area contributed by atoms with Gasteiger partial charge in [-0.15, -0.1) is 0 Å². The third-order valence-corrected chi connectivity index (χ3v) is 6.47. The number of nitro benzene ring substituents is 2. The molecule has 1 unspecified atom stereocenters. The molecule has 2 heterocycles. The van der Waals surface area contributed by atoms with Gasteiger partial charge in [0.25, 0.3) is 17.3 Å². The summed E-state index contributed by atoms with van der Waals surface area (Å²) in [6.07, 6.45) is 3.81. The normalized spacial score (nSPS) is 11.8. The van der Waals surface area contributed by atoms with Crippen molar-refractivity contribution in [3.05, 3.63) is 73.8 Å². The van der Waals surface area contributed by atoms with Gasteiger partial charge in [-0.3, -0.25) is 25.0 Å². The van der Waals surface area contributed by atoms with Crippen LogP contribution in [0.15, 0.2) is 42.5 Å². The molecule has 12 heteroatoms. The maximum atomic E-state index is 13.3. The number of nitrogens with zero attached hydrogens (tertiary/aromatic N) is 6. The molecule has 0 aliphatic heterocycles. The second kappa shape index (κ2) is 11.0. The predicted octanol–water partition coefficient (Wildman–Crippen LogP) is 5.74. The van der Waals surface area contributed by atoms with Gasteiger partial charge >= 0.3 is 0 Å². The number of nitrogens with one attached hydrogen (secondary N) is 1. The van der Waals surface area contributed by atoms with Crippen LogP contribution in [-0.4, -0.2) is 30.3 Å². The minimum Gasteiger partial charge on any atom is -0.309 e. The van der Waals surface area contributed by atoms with Crippen LogP contribution in [0.4, 0.5) is 17.2 Å². The van der Waals surface area contributed by atoms with Crippen LogP contribution in [0.25, 0.3) is 22.2 Å². The molecule has 1 atom stereocenters. The van der Waals surface area contributed by atoms with Crippen molar-refractivity contribution in [2.24, 2.45) is 5.92 Å². The van der Waals surface area contributed by atoms with E-state index in [4.69, 9.17) is 4.98 Å². The van der Waals surface area contributed by atoms with Gasteiger partial charge in [0.1, 0.15) is 23.0 Å².